The van der Waals surface area contributed by atoms with Gasteiger partial charge < -0.3 is 10.6 Å². The lowest BCUT2D eigenvalue weighted by Crippen LogP contribution is -2.40. The lowest BCUT2D eigenvalue weighted by atomic mass is 10.1. The number of benzene rings is 3. The molecule has 0 aliphatic heterocycles. The number of hydrogen-bond acceptors (Lipinski definition) is 4. The van der Waals surface area contributed by atoms with Gasteiger partial charge in [-0.05, 0) is 74.9 Å². The van der Waals surface area contributed by atoms with E-state index in [0.29, 0.717) is 5.69 Å². The second-order valence-corrected chi connectivity index (χ2v) is 10.2. The molecule has 3 aromatic carbocycles. The molecule has 0 saturated carbocycles. The number of nitrogens with one attached hydrogen (secondary N) is 3. The molecule has 3 aromatic rings. The van der Waals surface area contributed by atoms with E-state index in [0.717, 1.165) is 11.6 Å². The first-order valence-corrected chi connectivity index (χ1v) is 11.6. The summed E-state index contributed by atoms with van der Waals surface area (Å²) in [5, 5.41) is 5.64. The minimum absolute atomic E-state index is 0.0673. The Morgan fingerprint density at radius 3 is 2.21 bits per heavy atom. The number of sulfonamides is 1. The summed E-state index contributed by atoms with van der Waals surface area (Å²) >= 11 is 0. The molecule has 3 N–H and O–H groups in total. The van der Waals surface area contributed by atoms with E-state index in [1.165, 1.54) is 48.5 Å². The maximum Gasteiger partial charge on any atom is 0.255 e. The van der Waals surface area contributed by atoms with E-state index in [1.807, 2.05) is 0 Å². The zero-order chi connectivity index (χ0) is 24.2. The van der Waals surface area contributed by atoms with Gasteiger partial charge in [0.05, 0.1) is 4.90 Å². The molecule has 1 amide bonds. The number of amides is 1. The van der Waals surface area contributed by atoms with Gasteiger partial charge in [0.1, 0.15) is 11.6 Å². The Morgan fingerprint density at radius 1 is 0.879 bits per heavy atom. The van der Waals surface area contributed by atoms with Crippen LogP contribution in [0.25, 0.3) is 0 Å². The molecule has 33 heavy (non-hydrogen) atoms. The molecule has 3 rings (SSSR count). The highest BCUT2D eigenvalue weighted by Gasteiger charge is 2.24. The third kappa shape index (κ3) is 7.10. The molecule has 6 nitrogen and oxygen atoms in total. The molecule has 0 bridgehead atoms. The van der Waals surface area contributed by atoms with Crippen molar-refractivity contribution >= 4 is 27.3 Å². The summed E-state index contributed by atoms with van der Waals surface area (Å²) in [5.41, 5.74) is 0.712. The van der Waals surface area contributed by atoms with Crippen LogP contribution in [0.1, 0.15) is 36.7 Å². The average molecular weight is 474 g/mol. The number of carbonyl (C=O) groups is 1. The first-order valence-electron chi connectivity index (χ1n) is 10.2. The molecular formula is C24H25F2N3O3S. The van der Waals surface area contributed by atoms with Crippen LogP contribution in [0.3, 0.4) is 0 Å². The van der Waals surface area contributed by atoms with E-state index in [9.17, 15) is 22.0 Å². The number of anilines is 2. The minimum Gasteiger partial charge on any atom is -0.381 e. The quantitative estimate of drug-likeness (QED) is 0.455. The summed E-state index contributed by atoms with van der Waals surface area (Å²) in [7, 11) is -3.94. The fourth-order valence-corrected chi connectivity index (χ4v) is 4.51. The third-order valence-corrected chi connectivity index (χ3v) is 6.15. The fraction of sp³-hybridized carbons (Fsp3) is 0.208. The topological polar surface area (TPSA) is 87.3 Å². The third-order valence-electron chi connectivity index (χ3n) is 4.41. The second kappa shape index (κ2) is 9.68. The highest BCUT2D eigenvalue weighted by Crippen LogP contribution is 2.23. The number of halogens is 2. The van der Waals surface area contributed by atoms with Crippen molar-refractivity contribution in [3.63, 3.8) is 0 Å². The standard InChI is InChI=1S/C24H25F2N3O3S/c1-24(2,3)29-33(31,32)22-12-17(23(30)28-20-6-4-5-19(26)13-20)11-21(14-22)27-15-16-7-9-18(25)10-8-16/h4-14,27,29H,15H2,1-3H3,(H,28,30). The van der Waals surface area contributed by atoms with Crippen LogP contribution in [0.5, 0.6) is 0 Å². The molecule has 0 aromatic heterocycles. The summed E-state index contributed by atoms with van der Waals surface area (Å²) in [6, 6.07) is 15.4. The van der Waals surface area contributed by atoms with Crippen LogP contribution in [-0.4, -0.2) is 19.9 Å². The summed E-state index contributed by atoms with van der Waals surface area (Å²) in [6.07, 6.45) is 0. The van der Waals surface area contributed by atoms with Crippen LogP contribution in [0.2, 0.25) is 0 Å². The zero-order valence-corrected chi connectivity index (χ0v) is 19.3. The predicted molar refractivity (Wildman–Crippen MR) is 125 cm³/mol. The maximum atomic E-state index is 13.5. The highest BCUT2D eigenvalue weighted by molar-refractivity contribution is 7.89. The van der Waals surface area contributed by atoms with Gasteiger partial charge in [0, 0.05) is 29.0 Å². The lowest BCUT2D eigenvalue weighted by Gasteiger charge is -2.21. The van der Waals surface area contributed by atoms with Gasteiger partial charge in [0.25, 0.3) is 5.91 Å². The van der Waals surface area contributed by atoms with Crippen LogP contribution in [0, 0.1) is 11.6 Å². The van der Waals surface area contributed by atoms with Gasteiger partial charge in [0.15, 0.2) is 0 Å². The summed E-state index contributed by atoms with van der Waals surface area (Å²) in [5.74, 6) is -1.48. The molecule has 0 aliphatic carbocycles. The molecule has 0 radical (unpaired) electrons. The largest absolute Gasteiger partial charge is 0.381 e. The summed E-state index contributed by atoms with van der Waals surface area (Å²) < 4.78 is 55.0. The van der Waals surface area contributed by atoms with E-state index in [2.05, 4.69) is 15.4 Å². The van der Waals surface area contributed by atoms with E-state index >= 15 is 0 Å². The molecule has 0 heterocycles. The van der Waals surface area contributed by atoms with E-state index < -0.39 is 27.3 Å². The molecule has 0 unspecified atom stereocenters. The van der Waals surface area contributed by atoms with Crippen molar-refractivity contribution in [3.05, 3.63) is 89.5 Å². The van der Waals surface area contributed by atoms with Crippen molar-refractivity contribution in [2.45, 2.75) is 37.8 Å². The monoisotopic (exact) mass is 473 g/mol. The van der Waals surface area contributed by atoms with Gasteiger partial charge in [0.2, 0.25) is 10.0 Å². The van der Waals surface area contributed by atoms with Gasteiger partial charge in [-0.25, -0.2) is 21.9 Å². The Labute approximate surface area is 192 Å². The summed E-state index contributed by atoms with van der Waals surface area (Å²) in [4.78, 5) is 12.7. The van der Waals surface area contributed by atoms with Crippen molar-refractivity contribution in [3.8, 4) is 0 Å². The smallest absolute Gasteiger partial charge is 0.255 e. The first-order chi connectivity index (χ1) is 15.4. The fourth-order valence-electron chi connectivity index (χ4n) is 3.03. The Bertz CT molecular complexity index is 1250. The Hall–Kier alpha value is -3.30. The van der Waals surface area contributed by atoms with Gasteiger partial charge in [-0.15, -0.1) is 0 Å². The van der Waals surface area contributed by atoms with Crippen LogP contribution < -0.4 is 15.4 Å². The van der Waals surface area contributed by atoms with Crippen LogP contribution in [-0.2, 0) is 16.6 Å². The summed E-state index contributed by atoms with van der Waals surface area (Å²) in [6.45, 7) is 5.40. The Morgan fingerprint density at radius 2 is 1.58 bits per heavy atom. The molecular weight excluding hydrogens is 448 g/mol. The lowest BCUT2D eigenvalue weighted by molar-refractivity contribution is 0.102. The zero-order valence-electron chi connectivity index (χ0n) is 18.4. The molecule has 9 heteroatoms. The number of hydrogen-bond donors (Lipinski definition) is 3. The van der Waals surface area contributed by atoms with Gasteiger partial charge in [-0.1, -0.05) is 18.2 Å². The Balaban J connectivity index is 1.94. The van der Waals surface area contributed by atoms with E-state index in [-0.39, 0.29) is 28.5 Å². The number of carbonyl (C=O) groups excluding carboxylic acids is 1. The van der Waals surface area contributed by atoms with Crippen LogP contribution in [0.4, 0.5) is 20.2 Å². The minimum atomic E-state index is -3.94. The average Bonchev–Trinajstić information content (AvgIpc) is 2.71. The predicted octanol–water partition coefficient (Wildman–Crippen LogP) is 4.91. The van der Waals surface area contributed by atoms with Gasteiger partial charge >= 0.3 is 0 Å². The highest BCUT2D eigenvalue weighted by atomic mass is 32.2. The van der Waals surface area contributed by atoms with Crippen LogP contribution in [0.15, 0.2) is 71.6 Å². The van der Waals surface area contributed by atoms with Gasteiger partial charge in [-0.3, -0.25) is 4.79 Å². The van der Waals surface area contributed by atoms with Crippen LogP contribution >= 0.6 is 0 Å². The second-order valence-electron chi connectivity index (χ2n) is 8.55. The first kappa shape index (κ1) is 24.3. The normalized spacial score (nSPS) is 11.8. The van der Waals surface area contributed by atoms with Crippen molar-refractivity contribution in [1.82, 2.24) is 4.72 Å². The van der Waals surface area contributed by atoms with Crippen molar-refractivity contribution in [1.29, 1.82) is 0 Å². The Kier molecular flexibility index (Phi) is 7.14. The molecule has 0 aliphatic rings. The number of rotatable bonds is 7. The van der Waals surface area contributed by atoms with Crippen molar-refractivity contribution < 1.29 is 22.0 Å². The maximum absolute atomic E-state index is 13.5. The molecule has 0 spiro atoms. The van der Waals surface area contributed by atoms with Crippen molar-refractivity contribution in [2.24, 2.45) is 0 Å². The molecule has 0 fully saturated rings. The van der Waals surface area contributed by atoms with Crippen molar-refractivity contribution in [2.75, 3.05) is 10.6 Å². The molecule has 174 valence electrons. The molecule has 0 saturated heterocycles. The van der Waals surface area contributed by atoms with Gasteiger partial charge in [-0.2, -0.15) is 0 Å². The SMILES string of the molecule is CC(C)(C)NS(=O)(=O)c1cc(NCc2ccc(F)cc2)cc(C(=O)Nc2cccc(F)c2)c1. The van der Waals surface area contributed by atoms with E-state index in [4.69, 9.17) is 0 Å². The molecule has 0 atom stereocenters. The van der Waals surface area contributed by atoms with E-state index in [1.54, 1.807) is 32.9 Å².